The molecule has 11 rings (SSSR count). The van der Waals surface area contributed by atoms with Crippen LogP contribution in [0.25, 0.3) is 66.1 Å². The summed E-state index contributed by atoms with van der Waals surface area (Å²) in [5.74, 6) is 0. The Bertz CT molecular complexity index is 3110. The van der Waals surface area contributed by atoms with Crippen LogP contribution in [0.2, 0.25) is 0 Å². The number of aromatic nitrogens is 2. The Kier molecular flexibility index (Phi) is 7.75. The molecule has 0 unspecified atom stereocenters. The molecule has 0 fully saturated rings. The maximum absolute atomic E-state index is 2.45. The minimum absolute atomic E-state index is 0.524. The van der Waals surface area contributed by atoms with Crippen molar-refractivity contribution in [1.82, 2.24) is 9.13 Å². The van der Waals surface area contributed by atoms with Crippen LogP contribution in [0.15, 0.2) is 231 Å². The van der Waals surface area contributed by atoms with Crippen molar-refractivity contribution >= 4 is 43.6 Å². The fourth-order valence-electron chi connectivity index (χ4n) is 9.38. The largest absolute Gasteiger partial charge is 0.309 e. The van der Waals surface area contributed by atoms with E-state index in [-0.39, 0.29) is 0 Å². The summed E-state index contributed by atoms with van der Waals surface area (Å²) >= 11 is 0. The first kappa shape index (κ1) is 33.0. The molecule has 0 bridgehead atoms. The molecule has 0 radical (unpaired) electrons. The Balaban J connectivity index is 1.10. The topological polar surface area (TPSA) is 9.86 Å². The van der Waals surface area contributed by atoms with Gasteiger partial charge in [0, 0.05) is 32.9 Å². The van der Waals surface area contributed by atoms with Gasteiger partial charge in [-0.15, -0.1) is 0 Å². The van der Waals surface area contributed by atoms with Crippen LogP contribution in [0.5, 0.6) is 0 Å². The quantitative estimate of drug-likeness (QED) is 0.145. The number of fused-ring (bicyclic) bond motifs is 6. The Hall–Kier alpha value is -7.42. The van der Waals surface area contributed by atoms with Crippen molar-refractivity contribution in [3.63, 3.8) is 0 Å². The number of hydrogen-bond donors (Lipinski definition) is 0. The van der Waals surface area contributed by atoms with Crippen LogP contribution < -0.4 is 0 Å². The van der Waals surface area contributed by atoms with E-state index < -0.39 is 5.41 Å². The van der Waals surface area contributed by atoms with Crippen molar-refractivity contribution in [2.75, 3.05) is 0 Å². The van der Waals surface area contributed by atoms with E-state index >= 15 is 0 Å². The minimum atomic E-state index is -0.524. The van der Waals surface area contributed by atoms with Crippen LogP contribution >= 0.6 is 0 Å². The van der Waals surface area contributed by atoms with Crippen LogP contribution in [0, 0.1) is 0 Å². The Morgan fingerprint density at radius 3 is 1.25 bits per heavy atom. The smallest absolute Gasteiger partial charge is 0.0701 e. The van der Waals surface area contributed by atoms with Gasteiger partial charge in [0.05, 0.1) is 27.5 Å². The molecule has 57 heavy (non-hydrogen) atoms. The molecule has 0 amide bonds. The van der Waals surface area contributed by atoms with Gasteiger partial charge in [-0.25, -0.2) is 0 Å². The maximum Gasteiger partial charge on any atom is 0.0701 e. The molecule has 0 saturated heterocycles. The van der Waals surface area contributed by atoms with Gasteiger partial charge in [-0.1, -0.05) is 170 Å². The molecule has 268 valence electrons. The first-order valence-electron chi connectivity index (χ1n) is 19.7. The van der Waals surface area contributed by atoms with Gasteiger partial charge in [0.2, 0.25) is 0 Å². The minimum Gasteiger partial charge on any atom is -0.309 e. The van der Waals surface area contributed by atoms with Gasteiger partial charge in [-0.05, 0) is 94.0 Å². The maximum atomic E-state index is 2.45. The highest BCUT2D eigenvalue weighted by atomic mass is 15.0. The monoisotopic (exact) mass is 726 g/mol. The molecule has 0 spiro atoms. The molecule has 0 saturated carbocycles. The SMILES string of the molecule is c1ccc(-n2c3ccccc3c3cc(-c4cccc(-n5c6ccccc6c6cc(C(c7ccccc7)(c7ccccc7)c7ccccc7)ccc65)c4)ccc32)cc1. The van der Waals surface area contributed by atoms with E-state index in [0.717, 1.165) is 5.69 Å². The summed E-state index contributed by atoms with van der Waals surface area (Å²) in [7, 11) is 0. The lowest BCUT2D eigenvalue weighted by atomic mass is 9.65. The Morgan fingerprint density at radius 2 is 0.667 bits per heavy atom. The highest BCUT2D eigenvalue weighted by Gasteiger charge is 2.38. The zero-order valence-electron chi connectivity index (χ0n) is 31.3. The van der Waals surface area contributed by atoms with Crippen LogP contribution in [-0.2, 0) is 5.41 Å². The molecular weight excluding hydrogens is 689 g/mol. The summed E-state index contributed by atoms with van der Waals surface area (Å²) in [6.45, 7) is 0. The standard InChI is InChI=1S/C55H38N2/c1-5-19-41(20-6-1)55(42-21-7-2-8-22-42,43-23-9-3-10-24-43)44-33-35-54-50(38-44)48-29-14-16-31-52(48)57(54)46-27-17-18-39(36-46)40-32-34-53-49(37-40)47-28-13-15-30-51(47)56(53)45-25-11-4-12-26-45/h1-38H. The molecule has 11 aromatic rings. The molecule has 9 aromatic carbocycles. The van der Waals surface area contributed by atoms with Crippen LogP contribution in [0.1, 0.15) is 22.3 Å². The van der Waals surface area contributed by atoms with E-state index in [1.165, 1.54) is 82.7 Å². The second kappa shape index (κ2) is 13.4. The molecule has 0 atom stereocenters. The van der Waals surface area contributed by atoms with Gasteiger partial charge in [0.25, 0.3) is 0 Å². The van der Waals surface area contributed by atoms with Gasteiger partial charge < -0.3 is 9.13 Å². The van der Waals surface area contributed by atoms with Gasteiger partial charge in [0.15, 0.2) is 0 Å². The molecule has 2 aromatic heterocycles. The highest BCUT2D eigenvalue weighted by Crippen LogP contribution is 2.47. The van der Waals surface area contributed by atoms with Crippen molar-refractivity contribution in [2.24, 2.45) is 0 Å². The molecule has 0 N–H and O–H groups in total. The lowest BCUT2D eigenvalue weighted by Crippen LogP contribution is -2.30. The third kappa shape index (κ3) is 5.18. The first-order chi connectivity index (χ1) is 28.3. The zero-order chi connectivity index (χ0) is 37.8. The fourth-order valence-corrected chi connectivity index (χ4v) is 9.38. The van der Waals surface area contributed by atoms with Crippen molar-refractivity contribution in [1.29, 1.82) is 0 Å². The van der Waals surface area contributed by atoms with E-state index in [2.05, 4.69) is 240 Å². The van der Waals surface area contributed by atoms with E-state index in [0.29, 0.717) is 0 Å². The molecule has 0 aliphatic heterocycles. The molecule has 2 heteroatoms. The van der Waals surface area contributed by atoms with Gasteiger partial charge in [0.1, 0.15) is 0 Å². The molecule has 2 nitrogen and oxygen atoms in total. The Labute approximate surface area is 332 Å². The van der Waals surface area contributed by atoms with Crippen molar-refractivity contribution in [3.8, 4) is 22.5 Å². The third-order valence-electron chi connectivity index (χ3n) is 11.9. The predicted octanol–water partition coefficient (Wildman–Crippen LogP) is 13.9. The van der Waals surface area contributed by atoms with E-state index in [9.17, 15) is 0 Å². The second-order valence-corrected chi connectivity index (χ2v) is 14.9. The predicted molar refractivity (Wildman–Crippen MR) is 239 cm³/mol. The van der Waals surface area contributed by atoms with Crippen LogP contribution in [0.3, 0.4) is 0 Å². The third-order valence-corrected chi connectivity index (χ3v) is 11.9. The first-order valence-corrected chi connectivity index (χ1v) is 19.7. The zero-order valence-corrected chi connectivity index (χ0v) is 31.3. The molecule has 0 aliphatic rings. The summed E-state index contributed by atoms with van der Waals surface area (Å²) in [4.78, 5) is 0. The number of nitrogens with zero attached hydrogens (tertiary/aromatic N) is 2. The number of rotatable bonds is 7. The van der Waals surface area contributed by atoms with Gasteiger partial charge >= 0.3 is 0 Å². The van der Waals surface area contributed by atoms with Crippen LogP contribution in [-0.4, -0.2) is 9.13 Å². The van der Waals surface area contributed by atoms with Crippen molar-refractivity contribution in [3.05, 3.63) is 253 Å². The lowest BCUT2D eigenvalue weighted by molar-refractivity contribution is 0.746. The number of hydrogen-bond acceptors (Lipinski definition) is 0. The number of benzene rings is 9. The van der Waals surface area contributed by atoms with Gasteiger partial charge in [-0.3, -0.25) is 0 Å². The summed E-state index contributed by atoms with van der Waals surface area (Å²) < 4.78 is 4.81. The molecule has 2 heterocycles. The van der Waals surface area contributed by atoms with Gasteiger partial charge in [-0.2, -0.15) is 0 Å². The summed E-state index contributed by atoms with van der Waals surface area (Å²) in [6.07, 6.45) is 0. The molecule has 0 aliphatic carbocycles. The van der Waals surface area contributed by atoms with E-state index in [1.54, 1.807) is 0 Å². The summed E-state index contributed by atoms with van der Waals surface area (Å²) in [6, 6.07) is 84.2. The highest BCUT2D eigenvalue weighted by molar-refractivity contribution is 6.11. The van der Waals surface area contributed by atoms with Crippen molar-refractivity contribution < 1.29 is 0 Å². The fraction of sp³-hybridized carbons (Fsp3) is 0.0182. The van der Waals surface area contributed by atoms with E-state index in [4.69, 9.17) is 0 Å². The van der Waals surface area contributed by atoms with Crippen molar-refractivity contribution in [2.45, 2.75) is 5.41 Å². The average Bonchev–Trinajstić information content (AvgIpc) is 3.80. The summed E-state index contributed by atoms with van der Waals surface area (Å²) in [5.41, 5.74) is 13.9. The molecular formula is C55H38N2. The van der Waals surface area contributed by atoms with E-state index in [1.807, 2.05) is 0 Å². The normalized spacial score (nSPS) is 11.9. The van der Waals surface area contributed by atoms with Crippen LogP contribution in [0.4, 0.5) is 0 Å². The number of para-hydroxylation sites is 3. The second-order valence-electron chi connectivity index (χ2n) is 14.9. The summed E-state index contributed by atoms with van der Waals surface area (Å²) in [5, 5.41) is 4.97. The lowest BCUT2D eigenvalue weighted by Gasteiger charge is -2.37. The average molecular weight is 727 g/mol. The Morgan fingerprint density at radius 1 is 0.246 bits per heavy atom.